The van der Waals surface area contributed by atoms with Crippen LogP contribution in [0.3, 0.4) is 0 Å². The molecule has 2 heteroatoms. The summed E-state index contributed by atoms with van der Waals surface area (Å²) in [4.78, 5) is 11.8. The standard InChI is InChI=1S/C13H23NO/c1-5-8-11(4)14-13(15)12(9-6-2)10-7-3/h1,11-12H,6-10H2,2-4H3,(H,14,15). The number of amides is 1. The molecule has 0 saturated carbocycles. The first-order chi connectivity index (χ1) is 7.15. The second kappa shape index (κ2) is 8.35. The Kier molecular flexibility index (Phi) is 7.81. The van der Waals surface area contributed by atoms with E-state index < -0.39 is 0 Å². The van der Waals surface area contributed by atoms with Crippen molar-refractivity contribution in [1.29, 1.82) is 0 Å². The van der Waals surface area contributed by atoms with Crippen LogP contribution >= 0.6 is 0 Å². The Morgan fingerprint density at radius 1 is 1.33 bits per heavy atom. The van der Waals surface area contributed by atoms with Crippen LogP contribution < -0.4 is 5.32 Å². The van der Waals surface area contributed by atoms with Gasteiger partial charge in [0, 0.05) is 18.4 Å². The summed E-state index contributed by atoms with van der Waals surface area (Å²) in [5, 5.41) is 2.97. The summed E-state index contributed by atoms with van der Waals surface area (Å²) in [6.07, 6.45) is 9.87. The molecule has 15 heavy (non-hydrogen) atoms. The lowest BCUT2D eigenvalue weighted by atomic mass is 9.97. The fraction of sp³-hybridized carbons (Fsp3) is 0.769. The topological polar surface area (TPSA) is 29.1 Å². The zero-order valence-electron chi connectivity index (χ0n) is 10.2. The molecular formula is C13H23NO. The Morgan fingerprint density at radius 2 is 1.87 bits per heavy atom. The second-order valence-corrected chi connectivity index (χ2v) is 4.09. The van der Waals surface area contributed by atoms with Gasteiger partial charge in [0.2, 0.25) is 5.91 Å². The first-order valence-electron chi connectivity index (χ1n) is 5.89. The van der Waals surface area contributed by atoms with E-state index in [0.29, 0.717) is 6.42 Å². The molecule has 1 atom stereocenters. The van der Waals surface area contributed by atoms with E-state index in [1.54, 1.807) is 0 Å². The van der Waals surface area contributed by atoms with Crippen molar-refractivity contribution in [3.05, 3.63) is 0 Å². The number of carbonyl (C=O) groups is 1. The number of carbonyl (C=O) groups excluding carboxylic acids is 1. The SMILES string of the molecule is C#CCC(C)NC(=O)C(CCC)CCC. The number of rotatable bonds is 7. The summed E-state index contributed by atoms with van der Waals surface area (Å²) in [6, 6.07) is 0.0960. The monoisotopic (exact) mass is 209 g/mol. The quantitative estimate of drug-likeness (QED) is 0.642. The van der Waals surface area contributed by atoms with Crippen molar-refractivity contribution in [1.82, 2.24) is 5.32 Å². The van der Waals surface area contributed by atoms with Crippen LogP contribution in [-0.4, -0.2) is 11.9 Å². The molecule has 0 aromatic heterocycles. The number of terminal acetylenes is 1. The van der Waals surface area contributed by atoms with Gasteiger partial charge in [-0.15, -0.1) is 12.3 Å². The van der Waals surface area contributed by atoms with Crippen molar-refractivity contribution in [2.24, 2.45) is 5.92 Å². The average Bonchev–Trinajstić information content (AvgIpc) is 2.17. The van der Waals surface area contributed by atoms with Gasteiger partial charge >= 0.3 is 0 Å². The molecule has 1 amide bonds. The molecular weight excluding hydrogens is 186 g/mol. The van der Waals surface area contributed by atoms with Gasteiger partial charge in [0.05, 0.1) is 0 Å². The summed E-state index contributed by atoms with van der Waals surface area (Å²) >= 11 is 0. The van der Waals surface area contributed by atoms with E-state index in [2.05, 4.69) is 25.1 Å². The lowest BCUT2D eigenvalue weighted by Gasteiger charge is -2.18. The fourth-order valence-electron chi connectivity index (χ4n) is 1.69. The Labute approximate surface area is 93.8 Å². The summed E-state index contributed by atoms with van der Waals surface area (Å²) < 4.78 is 0. The third kappa shape index (κ3) is 6.17. The lowest BCUT2D eigenvalue weighted by Crippen LogP contribution is -2.37. The molecule has 1 unspecified atom stereocenters. The molecule has 0 aliphatic rings. The van der Waals surface area contributed by atoms with Gasteiger partial charge in [0.25, 0.3) is 0 Å². The highest BCUT2D eigenvalue weighted by atomic mass is 16.1. The Hall–Kier alpha value is -0.970. The van der Waals surface area contributed by atoms with Crippen molar-refractivity contribution in [3.63, 3.8) is 0 Å². The van der Waals surface area contributed by atoms with Crippen LogP contribution in [0.2, 0.25) is 0 Å². The van der Waals surface area contributed by atoms with E-state index in [1.807, 2.05) is 6.92 Å². The molecule has 2 nitrogen and oxygen atoms in total. The molecule has 0 rings (SSSR count). The van der Waals surface area contributed by atoms with Gasteiger partial charge < -0.3 is 5.32 Å². The van der Waals surface area contributed by atoms with Crippen molar-refractivity contribution in [2.75, 3.05) is 0 Å². The molecule has 1 N–H and O–H groups in total. The highest BCUT2D eigenvalue weighted by molar-refractivity contribution is 5.78. The highest BCUT2D eigenvalue weighted by Crippen LogP contribution is 2.13. The van der Waals surface area contributed by atoms with Crippen LogP contribution in [-0.2, 0) is 4.79 Å². The van der Waals surface area contributed by atoms with Gasteiger partial charge in [0.15, 0.2) is 0 Å². The van der Waals surface area contributed by atoms with Gasteiger partial charge in [-0.2, -0.15) is 0 Å². The number of hydrogen-bond donors (Lipinski definition) is 1. The molecule has 0 aromatic carbocycles. The largest absolute Gasteiger partial charge is 0.352 e. The van der Waals surface area contributed by atoms with Crippen LogP contribution in [0, 0.1) is 18.3 Å². The first kappa shape index (κ1) is 14.0. The van der Waals surface area contributed by atoms with Crippen LogP contribution in [0.25, 0.3) is 0 Å². The van der Waals surface area contributed by atoms with E-state index in [4.69, 9.17) is 6.42 Å². The molecule has 86 valence electrons. The van der Waals surface area contributed by atoms with E-state index in [1.165, 1.54) is 0 Å². The second-order valence-electron chi connectivity index (χ2n) is 4.09. The van der Waals surface area contributed by atoms with Gasteiger partial charge in [0.1, 0.15) is 0 Å². The minimum absolute atomic E-state index is 0.0960. The number of hydrogen-bond acceptors (Lipinski definition) is 1. The molecule has 0 heterocycles. The van der Waals surface area contributed by atoms with Crippen molar-refractivity contribution in [2.45, 2.75) is 58.9 Å². The predicted octanol–water partition coefficient (Wildman–Crippen LogP) is 2.73. The Morgan fingerprint density at radius 3 is 2.27 bits per heavy atom. The molecule has 0 saturated heterocycles. The van der Waals surface area contributed by atoms with Crippen LogP contribution in [0.4, 0.5) is 0 Å². The summed E-state index contributed by atoms with van der Waals surface area (Å²) in [5.74, 6) is 2.90. The van der Waals surface area contributed by atoms with Crippen molar-refractivity contribution < 1.29 is 4.79 Å². The van der Waals surface area contributed by atoms with E-state index >= 15 is 0 Å². The minimum Gasteiger partial charge on any atom is -0.352 e. The maximum absolute atomic E-state index is 11.8. The normalized spacial score (nSPS) is 12.2. The van der Waals surface area contributed by atoms with E-state index in [9.17, 15) is 4.79 Å². The van der Waals surface area contributed by atoms with Gasteiger partial charge in [-0.05, 0) is 19.8 Å². The van der Waals surface area contributed by atoms with Crippen LogP contribution in [0.5, 0.6) is 0 Å². The minimum atomic E-state index is 0.0960. The van der Waals surface area contributed by atoms with Crippen LogP contribution in [0.1, 0.15) is 52.9 Å². The maximum atomic E-state index is 11.8. The van der Waals surface area contributed by atoms with Crippen molar-refractivity contribution in [3.8, 4) is 12.3 Å². The van der Waals surface area contributed by atoms with Gasteiger partial charge in [-0.1, -0.05) is 26.7 Å². The molecule has 0 aromatic rings. The Bertz CT molecular complexity index is 211. The third-order valence-electron chi connectivity index (χ3n) is 2.46. The third-order valence-corrected chi connectivity index (χ3v) is 2.46. The Balaban J connectivity index is 4.07. The van der Waals surface area contributed by atoms with Crippen LogP contribution in [0.15, 0.2) is 0 Å². The first-order valence-corrected chi connectivity index (χ1v) is 5.89. The van der Waals surface area contributed by atoms with Gasteiger partial charge in [-0.3, -0.25) is 4.79 Å². The molecule has 0 spiro atoms. The summed E-state index contributed by atoms with van der Waals surface area (Å²) in [7, 11) is 0. The lowest BCUT2D eigenvalue weighted by molar-refractivity contribution is -0.126. The fourth-order valence-corrected chi connectivity index (χ4v) is 1.69. The van der Waals surface area contributed by atoms with Gasteiger partial charge in [-0.25, -0.2) is 0 Å². The molecule has 0 aliphatic carbocycles. The maximum Gasteiger partial charge on any atom is 0.223 e. The summed E-state index contributed by atoms with van der Waals surface area (Å²) in [5.41, 5.74) is 0. The predicted molar refractivity (Wildman–Crippen MR) is 64.4 cm³/mol. The zero-order chi connectivity index (χ0) is 11.7. The smallest absolute Gasteiger partial charge is 0.223 e. The van der Waals surface area contributed by atoms with E-state index in [0.717, 1.165) is 25.7 Å². The molecule has 0 radical (unpaired) electrons. The highest BCUT2D eigenvalue weighted by Gasteiger charge is 2.17. The van der Waals surface area contributed by atoms with E-state index in [-0.39, 0.29) is 17.9 Å². The zero-order valence-corrected chi connectivity index (χ0v) is 10.2. The average molecular weight is 209 g/mol. The van der Waals surface area contributed by atoms with Crippen molar-refractivity contribution >= 4 is 5.91 Å². The number of nitrogens with one attached hydrogen (secondary N) is 1. The molecule has 0 fully saturated rings. The molecule has 0 bridgehead atoms. The molecule has 0 aliphatic heterocycles. The summed E-state index contributed by atoms with van der Waals surface area (Å²) in [6.45, 7) is 6.17.